The van der Waals surface area contributed by atoms with E-state index in [-0.39, 0.29) is 43.5 Å². The number of carbonyl (C=O) groups is 4. The number of amides is 4. The second kappa shape index (κ2) is 21.3. The molecule has 7 rings (SSSR count). The number of thiocarbonyl (C=S) groups is 1. The number of nitrogens with zero attached hydrogens (tertiary/aromatic N) is 5. The Balaban J connectivity index is 0.860. The number of nitrogens with one attached hydrogen (secondary N) is 2. The molecule has 2 aliphatic heterocycles. The average molecular weight is 1010 g/mol. The maximum Gasteiger partial charge on any atom is 0.417 e. The maximum absolute atomic E-state index is 14.0. The highest BCUT2D eigenvalue weighted by molar-refractivity contribution is 7.81. The molecule has 0 radical (unpaired) electrons. The van der Waals surface area contributed by atoms with Crippen molar-refractivity contribution in [2.45, 2.75) is 90.8 Å². The Labute approximate surface area is 419 Å². The number of likely N-dealkylation sites (tertiary alicyclic amines) is 1. The number of hydrogen-bond donors (Lipinski definition) is 3. The predicted octanol–water partition coefficient (Wildman–Crippen LogP) is 8.19. The first-order chi connectivity index (χ1) is 33.6. The van der Waals surface area contributed by atoms with Gasteiger partial charge in [0.25, 0.3) is 5.91 Å². The van der Waals surface area contributed by atoms with E-state index in [1.165, 1.54) is 11.0 Å². The number of hydrogen-bond acceptors (Lipinski definition) is 11. The lowest BCUT2D eigenvalue weighted by Gasteiger charge is -2.35. The van der Waals surface area contributed by atoms with Crippen LogP contribution in [0.2, 0.25) is 0 Å². The van der Waals surface area contributed by atoms with Crippen molar-refractivity contribution in [3.8, 4) is 33.4 Å². The van der Waals surface area contributed by atoms with Gasteiger partial charge < -0.3 is 35.0 Å². The van der Waals surface area contributed by atoms with Gasteiger partial charge in [0, 0.05) is 31.6 Å². The summed E-state index contributed by atoms with van der Waals surface area (Å²) in [6.07, 6.45) is -5.18. The van der Waals surface area contributed by atoms with Crippen LogP contribution in [0.25, 0.3) is 21.6 Å². The molecule has 3 N–H and O–H groups in total. The number of anilines is 2. The van der Waals surface area contributed by atoms with E-state index in [2.05, 4.69) is 15.6 Å². The van der Waals surface area contributed by atoms with Crippen LogP contribution in [-0.4, -0.2) is 93.8 Å². The maximum atomic E-state index is 14.0. The molecule has 71 heavy (non-hydrogen) atoms. The molecule has 2 saturated heterocycles. The molecular weight excluding hydrogens is 956 g/mol. The largest absolute Gasteiger partial charge is 0.494 e. The highest BCUT2D eigenvalue weighted by atomic mass is 32.1. The van der Waals surface area contributed by atoms with Crippen LogP contribution < -0.4 is 25.2 Å². The summed E-state index contributed by atoms with van der Waals surface area (Å²) in [5.41, 5.74) is 3.14. The number of halogens is 3. The summed E-state index contributed by atoms with van der Waals surface area (Å²) in [5.74, 6) is -1.29. The van der Waals surface area contributed by atoms with E-state index in [0.717, 1.165) is 49.9 Å². The van der Waals surface area contributed by atoms with E-state index in [1.807, 2.05) is 76.2 Å². The van der Waals surface area contributed by atoms with Gasteiger partial charge in [-0.3, -0.25) is 24.1 Å². The van der Waals surface area contributed by atoms with Gasteiger partial charge in [-0.2, -0.15) is 18.4 Å². The van der Waals surface area contributed by atoms with Crippen molar-refractivity contribution in [1.82, 2.24) is 20.5 Å². The number of ether oxygens (including phenoxy) is 2. The number of alkyl halides is 3. The van der Waals surface area contributed by atoms with Gasteiger partial charge >= 0.3 is 6.18 Å². The summed E-state index contributed by atoms with van der Waals surface area (Å²) in [5, 5.41) is 25.5. The number of nitriles is 1. The Morgan fingerprint density at radius 2 is 1.59 bits per heavy atom. The van der Waals surface area contributed by atoms with Crippen molar-refractivity contribution in [2.24, 2.45) is 5.41 Å². The highest BCUT2D eigenvalue weighted by Gasteiger charge is 2.51. The molecule has 4 amide bonds. The Hall–Kier alpha value is -6.72. The summed E-state index contributed by atoms with van der Waals surface area (Å²) in [6.45, 7) is 11.0. The van der Waals surface area contributed by atoms with Gasteiger partial charge in [0.2, 0.25) is 17.7 Å². The number of aromatic nitrogens is 1. The minimum absolute atomic E-state index is 0.00330. The SMILES string of the molecule is Cc1ncsc1-c1ccc(CNC(=O)C2CC(O)CN2C(=O)C(NC(=O)COCCCOc2ccc(-c3ccc(N4C(=S)N(c5ccc(C#N)c(C(F)(F)F)c5)C(=O)C4(C)C)cc3)cc2)C(C)(C)C)cc1. The fourth-order valence-corrected chi connectivity index (χ4v) is 9.84. The minimum Gasteiger partial charge on any atom is -0.494 e. The Bertz CT molecular complexity index is 2820. The minimum atomic E-state index is -4.81. The van der Waals surface area contributed by atoms with Gasteiger partial charge in [-0.15, -0.1) is 11.3 Å². The van der Waals surface area contributed by atoms with Gasteiger partial charge in [-0.25, -0.2) is 4.98 Å². The third kappa shape index (κ3) is 11.7. The topological polar surface area (TPSA) is 177 Å². The van der Waals surface area contributed by atoms with Gasteiger partial charge in [0.05, 0.1) is 58.3 Å². The molecule has 5 aromatic rings. The summed E-state index contributed by atoms with van der Waals surface area (Å²) in [6, 6.07) is 25.1. The lowest BCUT2D eigenvalue weighted by molar-refractivity contribution is -0.144. The molecule has 3 heterocycles. The van der Waals surface area contributed by atoms with Crippen LogP contribution in [0.5, 0.6) is 5.75 Å². The van der Waals surface area contributed by atoms with Gasteiger partial charge in [0.1, 0.15) is 30.0 Å². The second-order valence-electron chi connectivity index (χ2n) is 18.9. The van der Waals surface area contributed by atoms with E-state index >= 15 is 0 Å². The Morgan fingerprint density at radius 3 is 2.20 bits per heavy atom. The van der Waals surface area contributed by atoms with E-state index < -0.39 is 70.1 Å². The first-order valence-electron chi connectivity index (χ1n) is 22.8. The number of aryl methyl sites for hydroxylation is 1. The molecular formula is C52H54F3N7O7S2. The van der Waals surface area contributed by atoms with Crippen molar-refractivity contribution in [3.05, 3.63) is 119 Å². The molecule has 372 valence electrons. The summed E-state index contributed by atoms with van der Waals surface area (Å²) < 4.78 is 52.8. The Morgan fingerprint density at radius 1 is 0.958 bits per heavy atom. The van der Waals surface area contributed by atoms with Crippen LogP contribution in [0.1, 0.15) is 69.8 Å². The van der Waals surface area contributed by atoms with Crippen LogP contribution in [0.15, 0.2) is 96.5 Å². The number of aliphatic hydroxyl groups excluding tert-OH is 1. The lowest BCUT2D eigenvalue weighted by atomic mass is 9.85. The van der Waals surface area contributed by atoms with Crippen molar-refractivity contribution >= 4 is 63.7 Å². The fraction of sp³-hybridized carbons (Fsp3) is 0.365. The molecule has 0 saturated carbocycles. The van der Waals surface area contributed by atoms with Crippen molar-refractivity contribution in [1.29, 1.82) is 5.26 Å². The highest BCUT2D eigenvalue weighted by Crippen LogP contribution is 2.40. The smallest absolute Gasteiger partial charge is 0.417 e. The van der Waals surface area contributed by atoms with Crippen LogP contribution in [0.3, 0.4) is 0 Å². The normalized spacial score (nSPS) is 17.3. The summed E-state index contributed by atoms with van der Waals surface area (Å²) in [7, 11) is 0. The average Bonchev–Trinajstić information content (AvgIpc) is 4.00. The molecule has 19 heteroatoms. The summed E-state index contributed by atoms with van der Waals surface area (Å²) in [4.78, 5) is 63.6. The van der Waals surface area contributed by atoms with E-state index in [9.17, 15) is 42.7 Å². The molecule has 1 aromatic heterocycles. The van der Waals surface area contributed by atoms with Gasteiger partial charge in [-0.05, 0) is 103 Å². The molecule has 2 fully saturated rings. The standard InChI is InChI=1S/C52H54F3N7O7S2/c1-31-44(71-30-58-31)35-10-8-32(9-11-35)27-57-46(65)42-25-39(63)28-60(42)47(66)45(50(2,3)4)59-43(64)29-68-22-7-23-69-40-20-15-34(16-21-40)33-12-17-37(18-13-33)62-49(70)61(48(67)51(62,5)6)38-19-14-36(26-56)41(24-38)52(53,54)55/h8-21,24,30,39,42,45,63H,7,22-23,25,27-29H2,1-6H3,(H,57,65)(H,59,64). The fourth-order valence-electron chi connectivity index (χ4n) is 8.50. The summed E-state index contributed by atoms with van der Waals surface area (Å²) >= 11 is 7.23. The molecule has 2 aliphatic rings. The molecule has 0 spiro atoms. The van der Waals surface area contributed by atoms with Crippen LogP contribution >= 0.6 is 23.6 Å². The molecule has 3 unspecified atom stereocenters. The van der Waals surface area contributed by atoms with E-state index in [1.54, 1.807) is 65.9 Å². The van der Waals surface area contributed by atoms with E-state index in [0.29, 0.717) is 24.5 Å². The number of benzene rings is 4. The zero-order valence-corrected chi connectivity index (χ0v) is 41.6. The molecule has 0 aliphatic carbocycles. The van der Waals surface area contributed by atoms with Gasteiger partial charge in [-0.1, -0.05) is 69.3 Å². The zero-order valence-electron chi connectivity index (χ0n) is 40.0. The lowest BCUT2D eigenvalue weighted by Crippen LogP contribution is -2.58. The van der Waals surface area contributed by atoms with Gasteiger partial charge in [0.15, 0.2) is 5.11 Å². The number of aliphatic hydroxyl groups is 1. The van der Waals surface area contributed by atoms with Crippen molar-refractivity contribution in [3.63, 3.8) is 0 Å². The Kier molecular flexibility index (Phi) is 15.7. The van der Waals surface area contributed by atoms with Crippen LogP contribution in [0, 0.1) is 23.7 Å². The predicted molar refractivity (Wildman–Crippen MR) is 267 cm³/mol. The number of thiazole rings is 1. The molecule has 0 bridgehead atoms. The monoisotopic (exact) mass is 1010 g/mol. The quantitative estimate of drug-likeness (QED) is 0.0642. The number of β-amino-alcohol motifs (C(OH)–C–C–N with tert-alkyl or cyclic N) is 1. The second-order valence-corrected chi connectivity index (χ2v) is 20.1. The zero-order chi connectivity index (χ0) is 51.4. The van der Waals surface area contributed by atoms with Crippen molar-refractivity contribution in [2.75, 3.05) is 36.2 Å². The number of rotatable bonds is 16. The van der Waals surface area contributed by atoms with Crippen LogP contribution in [-0.2, 0) is 36.6 Å². The number of carbonyl (C=O) groups excluding carboxylic acids is 4. The first kappa shape index (κ1) is 52.1. The van der Waals surface area contributed by atoms with Crippen LogP contribution in [0.4, 0.5) is 24.5 Å². The van der Waals surface area contributed by atoms with Crippen molar-refractivity contribution < 1.29 is 46.9 Å². The molecule has 4 aromatic carbocycles. The third-order valence-corrected chi connectivity index (χ3v) is 13.7. The van der Waals surface area contributed by atoms with E-state index in [4.69, 9.17) is 21.7 Å². The molecule has 3 atom stereocenters. The molecule has 14 nitrogen and oxygen atoms in total. The third-order valence-electron chi connectivity index (χ3n) is 12.3. The first-order valence-corrected chi connectivity index (χ1v) is 24.1.